The van der Waals surface area contributed by atoms with Gasteiger partial charge in [0.15, 0.2) is 0 Å². The molecule has 4 aliphatic rings. The van der Waals surface area contributed by atoms with E-state index in [9.17, 15) is 24.0 Å². The van der Waals surface area contributed by atoms with Crippen LogP contribution in [0.1, 0.15) is 79.2 Å². The fourth-order valence-electron chi connectivity index (χ4n) is 7.22. The molecule has 3 saturated heterocycles. The Morgan fingerprint density at radius 3 is 2.14 bits per heavy atom. The van der Waals surface area contributed by atoms with Crippen molar-refractivity contribution >= 4 is 41.1 Å². The molecule has 2 aromatic rings. The molecule has 3 fully saturated rings. The second kappa shape index (κ2) is 14.1. The minimum atomic E-state index is -0.617. The van der Waals surface area contributed by atoms with Crippen molar-refractivity contribution in [2.75, 3.05) is 62.7 Å². The monoisotopic (exact) mass is 672 g/mol. The van der Waals surface area contributed by atoms with Gasteiger partial charge in [0.1, 0.15) is 11.6 Å². The van der Waals surface area contributed by atoms with Crippen LogP contribution in [0.25, 0.3) is 0 Å². The standard InChI is InChI=1S/C37H48N6O6/c1-37(2,3)49-36(48)42-17-14-25(15-18-42)13-16-39(4)34(46)26-5-7-28(8-6-26)40-19-21-41(22-20-40)29-9-10-30-27(23-29)24-43(35(30)47)31-11-12-32(44)38-33(31)45/h5-10,23,25,31H,11-22,24H2,1-4H3,(H,38,44,45). The molecule has 0 saturated carbocycles. The molecular formula is C37H48N6O6. The van der Waals surface area contributed by atoms with E-state index in [1.807, 2.05) is 64.2 Å². The molecule has 0 bridgehead atoms. The molecular weight excluding hydrogens is 624 g/mol. The first-order chi connectivity index (χ1) is 23.4. The Morgan fingerprint density at radius 1 is 0.878 bits per heavy atom. The molecule has 4 aliphatic heterocycles. The Hall–Kier alpha value is -4.61. The maximum atomic E-state index is 13.2. The summed E-state index contributed by atoms with van der Waals surface area (Å²) in [6.45, 7) is 11.3. The number of fused-ring (bicyclic) bond motifs is 1. The predicted molar refractivity (Wildman–Crippen MR) is 185 cm³/mol. The molecule has 12 heteroatoms. The highest BCUT2D eigenvalue weighted by Crippen LogP contribution is 2.31. The summed E-state index contributed by atoms with van der Waals surface area (Å²) in [4.78, 5) is 72.4. The zero-order valence-corrected chi connectivity index (χ0v) is 29.1. The molecule has 1 atom stereocenters. The van der Waals surface area contributed by atoms with Crippen LogP contribution in [0, 0.1) is 5.92 Å². The molecule has 0 spiro atoms. The van der Waals surface area contributed by atoms with Crippen LogP contribution in [0.5, 0.6) is 0 Å². The fraction of sp³-hybridized carbons (Fsp3) is 0.541. The van der Waals surface area contributed by atoms with Gasteiger partial charge in [-0.2, -0.15) is 0 Å². The normalized spacial score (nSPS) is 20.3. The van der Waals surface area contributed by atoms with Crippen LogP contribution in [0.15, 0.2) is 42.5 Å². The molecule has 1 unspecified atom stereocenters. The van der Waals surface area contributed by atoms with Gasteiger partial charge in [-0.15, -0.1) is 0 Å². The molecule has 2 aromatic carbocycles. The van der Waals surface area contributed by atoms with Gasteiger partial charge in [-0.1, -0.05) is 0 Å². The highest BCUT2D eigenvalue weighted by Gasteiger charge is 2.39. The summed E-state index contributed by atoms with van der Waals surface area (Å²) >= 11 is 0. The topological polar surface area (TPSA) is 123 Å². The maximum absolute atomic E-state index is 13.2. The van der Waals surface area contributed by atoms with E-state index in [4.69, 9.17) is 4.74 Å². The van der Waals surface area contributed by atoms with Crippen molar-refractivity contribution in [3.05, 3.63) is 59.2 Å². The predicted octanol–water partition coefficient (Wildman–Crippen LogP) is 3.88. The second-order valence-electron chi connectivity index (χ2n) is 14.7. The first-order valence-corrected chi connectivity index (χ1v) is 17.5. The quantitative estimate of drug-likeness (QED) is 0.440. The number of anilines is 2. The van der Waals surface area contributed by atoms with E-state index in [1.54, 1.807) is 14.7 Å². The minimum absolute atomic E-state index is 0.00817. The third kappa shape index (κ3) is 7.84. The van der Waals surface area contributed by atoms with E-state index >= 15 is 0 Å². The molecule has 262 valence electrons. The number of rotatable bonds is 7. The highest BCUT2D eigenvalue weighted by atomic mass is 16.6. The summed E-state index contributed by atoms with van der Waals surface area (Å²) in [7, 11) is 1.85. The number of likely N-dealkylation sites (tertiary alicyclic amines) is 1. The van der Waals surface area contributed by atoms with Crippen LogP contribution in [-0.4, -0.2) is 109 Å². The van der Waals surface area contributed by atoms with E-state index in [0.717, 1.165) is 62.4 Å². The Balaban J connectivity index is 0.955. The van der Waals surface area contributed by atoms with Gasteiger partial charge in [0.05, 0.1) is 0 Å². The van der Waals surface area contributed by atoms with Gasteiger partial charge in [-0.3, -0.25) is 24.5 Å². The van der Waals surface area contributed by atoms with E-state index in [1.165, 1.54) is 0 Å². The summed E-state index contributed by atoms with van der Waals surface area (Å²) in [5.74, 6) is -0.368. The Labute approximate surface area is 288 Å². The highest BCUT2D eigenvalue weighted by molar-refractivity contribution is 6.05. The molecule has 1 N–H and O–H groups in total. The number of amides is 5. The van der Waals surface area contributed by atoms with Gasteiger partial charge in [0, 0.05) is 88.3 Å². The van der Waals surface area contributed by atoms with Crippen LogP contribution in [0.4, 0.5) is 16.2 Å². The van der Waals surface area contributed by atoms with Crippen LogP contribution in [0.3, 0.4) is 0 Å². The number of ether oxygens (including phenoxy) is 1. The number of piperazine rings is 1. The Bertz CT molecular complexity index is 1590. The van der Waals surface area contributed by atoms with Gasteiger partial charge in [0.2, 0.25) is 11.8 Å². The maximum Gasteiger partial charge on any atom is 0.410 e. The molecule has 12 nitrogen and oxygen atoms in total. The zero-order chi connectivity index (χ0) is 34.9. The van der Waals surface area contributed by atoms with Crippen LogP contribution in [-0.2, 0) is 20.9 Å². The van der Waals surface area contributed by atoms with Crippen LogP contribution < -0.4 is 15.1 Å². The molecule has 0 aliphatic carbocycles. The van der Waals surface area contributed by atoms with E-state index < -0.39 is 17.6 Å². The number of benzene rings is 2. The number of hydrogen-bond acceptors (Lipinski definition) is 8. The van der Waals surface area contributed by atoms with E-state index in [0.29, 0.717) is 49.6 Å². The summed E-state index contributed by atoms with van der Waals surface area (Å²) in [5.41, 5.74) is 3.83. The van der Waals surface area contributed by atoms with Gasteiger partial charge >= 0.3 is 6.09 Å². The lowest BCUT2D eigenvalue weighted by Crippen LogP contribution is -2.52. The lowest BCUT2D eigenvalue weighted by atomic mass is 9.93. The number of hydrogen-bond donors (Lipinski definition) is 1. The van der Waals surface area contributed by atoms with Crippen molar-refractivity contribution < 1.29 is 28.7 Å². The summed E-state index contributed by atoms with van der Waals surface area (Å²) in [6.07, 6.45) is 3.08. The van der Waals surface area contributed by atoms with Crippen LogP contribution >= 0.6 is 0 Å². The minimum Gasteiger partial charge on any atom is -0.444 e. The fourth-order valence-corrected chi connectivity index (χ4v) is 7.22. The van der Waals surface area contributed by atoms with Crippen molar-refractivity contribution in [1.29, 1.82) is 0 Å². The van der Waals surface area contributed by atoms with Crippen molar-refractivity contribution in [2.24, 2.45) is 5.92 Å². The molecule has 49 heavy (non-hydrogen) atoms. The van der Waals surface area contributed by atoms with Gasteiger partial charge in [0.25, 0.3) is 11.8 Å². The molecule has 5 amide bonds. The number of nitrogens with zero attached hydrogens (tertiary/aromatic N) is 5. The van der Waals surface area contributed by atoms with Crippen molar-refractivity contribution in [3.63, 3.8) is 0 Å². The lowest BCUT2D eigenvalue weighted by Gasteiger charge is -2.37. The number of carbonyl (C=O) groups excluding carboxylic acids is 5. The number of carbonyl (C=O) groups is 5. The molecule has 0 radical (unpaired) electrons. The molecule has 0 aromatic heterocycles. The average Bonchev–Trinajstić information content (AvgIpc) is 3.41. The number of piperidine rings is 2. The summed E-state index contributed by atoms with van der Waals surface area (Å²) in [6, 6.07) is 13.1. The number of nitrogens with one attached hydrogen (secondary N) is 1. The zero-order valence-electron chi connectivity index (χ0n) is 29.1. The average molecular weight is 673 g/mol. The van der Waals surface area contributed by atoms with Gasteiger partial charge in [-0.25, -0.2) is 4.79 Å². The largest absolute Gasteiger partial charge is 0.444 e. The summed E-state index contributed by atoms with van der Waals surface area (Å²) in [5, 5.41) is 2.36. The first-order valence-electron chi connectivity index (χ1n) is 17.5. The Morgan fingerprint density at radius 2 is 1.51 bits per heavy atom. The Kier molecular flexibility index (Phi) is 9.85. The van der Waals surface area contributed by atoms with Crippen molar-refractivity contribution in [3.8, 4) is 0 Å². The summed E-state index contributed by atoms with van der Waals surface area (Å²) < 4.78 is 5.50. The third-order valence-corrected chi connectivity index (χ3v) is 10.1. The first kappa shape index (κ1) is 34.3. The lowest BCUT2D eigenvalue weighted by molar-refractivity contribution is -0.136. The molecule has 6 rings (SSSR count). The van der Waals surface area contributed by atoms with Crippen LogP contribution in [0.2, 0.25) is 0 Å². The third-order valence-electron chi connectivity index (χ3n) is 10.1. The van der Waals surface area contributed by atoms with E-state index in [-0.39, 0.29) is 30.2 Å². The van der Waals surface area contributed by atoms with Gasteiger partial charge in [-0.05, 0) is 100 Å². The van der Waals surface area contributed by atoms with Gasteiger partial charge < -0.3 is 29.2 Å². The van der Waals surface area contributed by atoms with E-state index in [2.05, 4.69) is 21.2 Å². The smallest absolute Gasteiger partial charge is 0.410 e. The van der Waals surface area contributed by atoms with Crippen molar-refractivity contribution in [1.82, 2.24) is 20.0 Å². The van der Waals surface area contributed by atoms with Crippen molar-refractivity contribution in [2.45, 2.75) is 71.1 Å². The molecule has 4 heterocycles. The second-order valence-corrected chi connectivity index (χ2v) is 14.7. The number of imide groups is 1. The SMILES string of the molecule is CN(CCC1CCN(C(=O)OC(C)(C)C)CC1)C(=O)c1ccc(N2CCN(c3ccc4c(c3)CN(C3CCC(=O)NC3=O)C4=O)CC2)cc1.